The van der Waals surface area contributed by atoms with Crippen molar-refractivity contribution >= 4 is 11.7 Å². The quantitative estimate of drug-likeness (QED) is 0.792. The smallest absolute Gasteiger partial charge is 0.228 e. The van der Waals surface area contributed by atoms with Gasteiger partial charge in [-0.25, -0.2) is 13.8 Å². The second-order valence-electron chi connectivity index (χ2n) is 3.13. The zero-order valence-electron chi connectivity index (χ0n) is 7.84. The number of carbonyl (C=O) groups excluding carboxylic acids is 1. The first kappa shape index (κ1) is 10.6. The summed E-state index contributed by atoms with van der Waals surface area (Å²) in [6.45, 7) is 3.33. The number of nitrogens with zero attached hydrogens (tertiary/aromatic N) is 1. The summed E-state index contributed by atoms with van der Waals surface area (Å²) in [6.07, 6.45) is 0.846. The highest BCUT2D eigenvalue weighted by atomic mass is 19.1. The van der Waals surface area contributed by atoms with Gasteiger partial charge in [0, 0.05) is 12.0 Å². The fraction of sp³-hybridized carbons (Fsp3) is 0.333. The van der Waals surface area contributed by atoms with E-state index in [9.17, 15) is 13.6 Å². The van der Waals surface area contributed by atoms with Gasteiger partial charge in [0.15, 0.2) is 11.6 Å². The molecule has 14 heavy (non-hydrogen) atoms. The molecule has 0 aliphatic carbocycles. The highest BCUT2D eigenvalue weighted by Gasteiger charge is 2.11. The number of aromatic nitrogens is 1. The van der Waals surface area contributed by atoms with Crippen LogP contribution in [-0.4, -0.2) is 10.9 Å². The highest BCUT2D eigenvalue weighted by Crippen LogP contribution is 2.11. The number of carbonyl (C=O) groups is 1. The Morgan fingerprint density at radius 1 is 1.50 bits per heavy atom. The molecule has 1 rings (SSSR count). The molecule has 1 aromatic heterocycles. The molecule has 1 aromatic rings. The Morgan fingerprint density at radius 2 is 2.14 bits per heavy atom. The van der Waals surface area contributed by atoms with E-state index in [4.69, 9.17) is 0 Å². The number of anilines is 1. The Balaban J connectivity index is 2.82. The standard InChI is InChI=1S/C9H10F2N2O/c1-5(2)9(14)13-8-7(11)3-6(10)4-12-8/h3-5H,1-2H3,(H,12,13,14). The molecular weight excluding hydrogens is 190 g/mol. The number of pyridine rings is 1. The summed E-state index contributed by atoms with van der Waals surface area (Å²) in [5.41, 5.74) is 0. The highest BCUT2D eigenvalue weighted by molar-refractivity contribution is 5.91. The molecule has 0 spiro atoms. The van der Waals surface area contributed by atoms with Gasteiger partial charge in [0.25, 0.3) is 0 Å². The third kappa shape index (κ3) is 2.48. The van der Waals surface area contributed by atoms with Crippen molar-refractivity contribution in [3.63, 3.8) is 0 Å². The number of hydrogen-bond acceptors (Lipinski definition) is 2. The average molecular weight is 200 g/mol. The summed E-state index contributed by atoms with van der Waals surface area (Å²) in [5, 5.41) is 2.25. The average Bonchev–Trinajstić information content (AvgIpc) is 2.09. The van der Waals surface area contributed by atoms with E-state index in [1.165, 1.54) is 0 Å². The Bertz CT molecular complexity index is 353. The molecule has 1 heterocycles. The van der Waals surface area contributed by atoms with E-state index in [0.717, 1.165) is 6.20 Å². The van der Waals surface area contributed by atoms with Crippen molar-refractivity contribution < 1.29 is 13.6 Å². The summed E-state index contributed by atoms with van der Waals surface area (Å²) >= 11 is 0. The maximum absolute atomic E-state index is 13.0. The van der Waals surface area contributed by atoms with Crippen molar-refractivity contribution in [2.75, 3.05) is 5.32 Å². The minimum absolute atomic E-state index is 0.245. The van der Waals surface area contributed by atoms with Crippen LogP contribution in [0.3, 0.4) is 0 Å². The van der Waals surface area contributed by atoms with E-state index >= 15 is 0 Å². The predicted octanol–water partition coefficient (Wildman–Crippen LogP) is 1.95. The van der Waals surface area contributed by atoms with Crippen molar-refractivity contribution in [1.29, 1.82) is 0 Å². The van der Waals surface area contributed by atoms with Crippen LogP contribution in [0.1, 0.15) is 13.8 Å². The lowest BCUT2D eigenvalue weighted by molar-refractivity contribution is -0.118. The van der Waals surface area contributed by atoms with Crippen LogP contribution in [0.4, 0.5) is 14.6 Å². The third-order valence-corrected chi connectivity index (χ3v) is 1.57. The Labute approximate surface area is 80.2 Å². The van der Waals surface area contributed by atoms with Crippen molar-refractivity contribution in [2.45, 2.75) is 13.8 Å². The van der Waals surface area contributed by atoms with E-state index in [1.54, 1.807) is 13.8 Å². The first-order valence-electron chi connectivity index (χ1n) is 4.12. The van der Waals surface area contributed by atoms with E-state index in [1.807, 2.05) is 0 Å². The Kier molecular flexibility index (Phi) is 3.11. The lowest BCUT2D eigenvalue weighted by Gasteiger charge is -2.06. The Hall–Kier alpha value is -1.52. The van der Waals surface area contributed by atoms with Gasteiger partial charge < -0.3 is 5.32 Å². The largest absolute Gasteiger partial charge is 0.308 e. The summed E-state index contributed by atoms with van der Waals surface area (Å²) in [7, 11) is 0. The molecule has 0 aliphatic rings. The van der Waals surface area contributed by atoms with Crippen LogP contribution in [0, 0.1) is 17.6 Å². The molecule has 3 nitrogen and oxygen atoms in total. The minimum Gasteiger partial charge on any atom is -0.308 e. The number of rotatable bonds is 2. The molecule has 0 saturated heterocycles. The monoisotopic (exact) mass is 200 g/mol. The van der Waals surface area contributed by atoms with Crippen LogP contribution in [0.25, 0.3) is 0 Å². The lowest BCUT2D eigenvalue weighted by atomic mass is 10.2. The molecule has 0 atom stereocenters. The van der Waals surface area contributed by atoms with Crippen molar-refractivity contribution in [2.24, 2.45) is 5.92 Å². The second kappa shape index (κ2) is 4.13. The summed E-state index contributed by atoms with van der Waals surface area (Å²) in [4.78, 5) is 14.6. The fourth-order valence-corrected chi connectivity index (χ4v) is 0.768. The van der Waals surface area contributed by atoms with E-state index < -0.39 is 11.6 Å². The van der Waals surface area contributed by atoms with E-state index in [0.29, 0.717) is 6.07 Å². The maximum atomic E-state index is 13.0. The molecule has 0 aromatic carbocycles. The van der Waals surface area contributed by atoms with E-state index in [2.05, 4.69) is 10.3 Å². The molecule has 76 valence electrons. The topological polar surface area (TPSA) is 42.0 Å². The van der Waals surface area contributed by atoms with Crippen LogP contribution in [0.15, 0.2) is 12.3 Å². The van der Waals surface area contributed by atoms with Gasteiger partial charge in [0.2, 0.25) is 5.91 Å². The maximum Gasteiger partial charge on any atom is 0.228 e. The third-order valence-electron chi connectivity index (χ3n) is 1.57. The van der Waals surface area contributed by atoms with E-state index in [-0.39, 0.29) is 17.6 Å². The van der Waals surface area contributed by atoms with Crippen LogP contribution in [0.5, 0.6) is 0 Å². The molecule has 0 fully saturated rings. The SMILES string of the molecule is CC(C)C(=O)Nc1ncc(F)cc1F. The van der Waals surface area contributed by atoms with Crippen molar-refractivity contribution in [3.8, 4) is 0 Å². The zero-order valence-corrected chi connectivity index (χ0v) is 7.84. The van der Waals surface area contributed by atoms with Gasteiger partial charge in [-0.3, -0.25) is 4.79 Å². The van der Waals surface area contributed by atoms with Gasteiger partial charge in [-0.15, -0.1) is 0 Å². The molecular formula is C9H10F2N2O. The Morgan fingerprint density at radius 3 is 2.64 bits per heavy atom. The number of nitrogens with one attached hydrogen (secondary N) is 1. The summed E-state index contributed by atoms with van der Waals surface area (Å²) < 4.78 is 25.4. The number of halogens is 2. The van der Waals surface area contributed by atoms with Gasteiger partial charge in [0.05, 0.1) is 6.20 Å². The first-order valence-corrected chi connectivity index (χ1v) is 4.12. The van der Waals surface area contributed by atoms with Gasteiger partial charge in [-0.05, 0) is 0 Å². The lowest BCUT2D eigenvalue weighted by Crippen LogP contribution is -2.19. The van der Waals surface area contributed by atoms with Gasteiger partial charge in [-0.1, -0.05) is 13.8 Å². The molecule has 0 unspecified atom stereocenters. The van der Waals surface area contributed by atoms with Crippen LogP contribution >= 0.6 is 0 Å². The van der Waals surface area contributed by atoms with Gasteiger partial charge in [-0.2, -0.15) is 0 Å². The number of hydrogen-bond donors (Lipinski definition) is 1. The fourth-order valence-electron chi connectivity index (χ4n) is 0.768. The predicted molar refractivity (Wildman–Crippen MR) is 47.6 cm³/mol. The molecule has 0 radical (unpaired) electrons. The summed E-state index contributed by atoms with van der Waals surface area (Å²) in [6, 6.07) is 0.670. The molecule has 0 saturated carbocycles. The molecule has 1 amide bonds. The molecule has 5 heteroatoms. The zero-order chi connectivity index (χ0) is 10.7. The van der Waals surface area contributed by atoms with Gasteiger partial charge in [0.1, 0.15) is 5.82 Å². The minimum atomic E-state index is -0.876. The first-order chi connectivity index (χ1) is 6.50. The van der Waals surface area contributed by atoms with Crippen LogP contribution in [-0.2, 0) is 4.79 Å². The number of amides is 1. The van der Waals surface area contributed by atoms with Crippen molar-refractivity contribution in [1.82, 2.24) is 4.98 Å². The summed E-state index contributed by atoms with van der Waals surface area (Å²) in [5.74, 6) is -2.53. The van der Waals surface area contributed by atoms with Crippen LogP contribution in [0.2, 0.25) is 0 Å². The normalized spacial score (nSPS) is 10.4. The molecule has 1 N–H and O–H groups in total. The van der Waals surface area contributed by atoms with Crippen molar-refractivity contribution in [3.05, 3.63) is 23.9 Å². The molecule has 0 aliphatic heterocycles. The van der Waals surface area contributed by atoms with Gasteiger partial charge >= 0.3 is 0 Å². The second-order valence-corrected chi connectivity index (χ2v) is 3.13. The van der Waals surface area contributed by atoms with Crippen LogP contribution < -0.4 is 5.32 Å². The molecule has 0 bridgehead atoms.